The van der Waals surface area contributed by atoms with Crippen molar-refractivity contribution < 1.29 is 22.7 Å². The second-order valence-electron chi connectivity index (χ2n) is 7.53. The molecule has 0 unspecified atom stereocenters. The van der Waals surface area contributed by atoms with Crippen LogP contribution in [0.3, 0.4) is 0 Å². The molecule has 0 radical (unpaired) electrons. The third kappa shape index (κ3) is 5.59. The highest BCUT2D eigenvalue weighted by Gasteiger charge is 2.29. The number of ether oxygens (including phenoxy) is 2. The van der Waals surface area contributed by atoms with E-state index in [1.54, 1.807) is 0 Å². The summed E-state index contributed by atoms with van der Waals surface area (Å²) < 4.78 is 38.2. The molecule has 1 aromatic heterocycles. The zero-order chi connectivity index (χ0) is 24.1. The number of halogens is 1. The van der Waals surface area contributed by atoms with Crippen LogP contribution in [0.2, 0.25) is 5.02 Å². The van der Waals surface area contributed by atoms with Gasteiger partial charge in [-0.25, -0.2) is 13.4 Å². The molecular formula is C23H24ClN3O5S2. The molecule has 1 N–H and O–H groups in total. The Balaban J connectivity index is 1.48. The van der Waals surface area contributed by atoms with Crippen molar-refractivity contribution in [1.29, 1.82) is 0 Å². The summed E-state index contributed by atoms with van der Waals surface area (Å²) in [6, 6.07) is 11.8. The Morgan fingerprint density at radius 2 is 1.94 bits per heavy atom. The lowest BCUT2D eigenvalue weighted by molar-refractivity contribution is 0.0730. The van der Waals surface area contributed by atoms with E-state index in [-0.39, 0.29) is 28.6 Å². The molecule has 0 bridgehead atoms. The summed E-state index contributed by atoms with van der Waals surface area (Å²) >= 11 is 7.47. The van der Waals surface area contributed by atoms with E-state index < -0.39 is 15.9 Å². The van der Waals surface area contributed by atoms with E-state index >= 15 is 0 Å². The van der Waals surface area contributed by atoms with Crippen LogP contribution in [0.1, 0.15) is 23.7 Å². The quantitative estimate of drug-likeness (QED) is 0.468. The highest BCUT2D eigenvalue weighted by molar-refractivity contribution is 7.89. The number of benzene rings is 2. The van der Waals surface area contributed by atoms with Crippen LogP contribution in [0.4, 0.5) is 5.13 Å². The first-order chi connectivity index (χ1) is 16.4. The fraction of sp³-hybridized carbons (Fsp3) is 0.304. The second kappa shape index (κ2) is 10.8. The van der Waals surface area contributed by atoms with Crippen LogP contribution < -0.4 is 10.1 Å². The molecular weight excluding hydrogens is 498 g/mol. The molecule has 1 amide bonds. The van der Waals surface area contributed by atoms with Gasteiger partial charge in [-0.15, -0.1) is 11.3 Å². The Labute approximate surface area is 207 Å². The Bertz CT molecular complexity index is 1260. The molecule has 0 saturated carbocycles. The van der Waals surface area contributed by atoms with Crippen molar-refractivity contribution in [3.63, 3.8) is 0 Å². The smallest absolute Gasteiger partial charge is 0.257 e. The summed E-state index contributed by atoms with van der Waals surface area (Å²) in [6.45, 7) is 3.82. The topological polar surface area (TPSA) is 97.8 Å². The number of sulfonamides is 1. The van der Waals surface area contributed by atoms with Gasteiger partial charge in [-0.05, 0) is 48.9 Å². The lowest BCUT2D eigenvalue weighted by Crippen LogP contribution is -2.40. The number of nitrogens with zero attached hydrogens (tertiary/aromatic N) is 2. The van der Waals surface area contributed by atoms with Gasteiger partial charge >= 0.3 is 0 Å². The zero-order valence-electron chi connectivity index (χ0n) is 18.5. The molecule has 1 fully saturated rings. The minimum atomic E-state index is -3.84. The average molecular weight is 522 g/mol. The standard InChI is InChI=1S/C23H24ClN3O5S2/c1-2-11-32-18-6-3-16(4-7-18)20-15-33-23(25-20)26-22(28)17-5-8-19(24)21(14-17)34(29,30)27-9-12-31-13-10-27/h3-8,14-15H,2,9-13H2,1H3,(H,25,26,28). The monoisotopic (exact) mass is 521 g/mol. The van der Waals surface area contributed by atoms with Gasteiger partial charge in [0.25, 0.3) is 5.91 Å². The molecule has 8 nitrogen and oxygen atoms in total. The largest absolute Gasteiger partial charge is 0.494 e. The molecule has 4 rings (SSSR count). The van der Waals surface area contributed by atoms with Gasteiger partial charge in [-0.2, -0.15) is 4.31 Å². The Morgan fingerprint density at radius 1 is 1.21 bits per heavy atom. The molecule has 34 heavy (non-hydrogen) atoms. The third-order valence-electron chi connectivity index (χ3n) is 5.13. The Morgan fingerprint density at radius 3 is 2.65 bits per heavy atom. The summed E-state index contributed by atoms with van der Waals surface area (Å²) in [6.07, 6.45) is 0.936. The number of amides is 1. The molecule has 0 aliphatic carbocycles. The van der Waals surface area contributed by atoms with Crippen molar-refractivity contribution >= 4 is 44.0 Å². The summed E-state index contributed by atoms with van der Waals surface area (Å²) in [5, 5.41) is 5.04. The number of rotatable bonds is 8. The average Bonchev–Trinajstić information content (AvgIpc) is 3.32. The van der Waals surface area contributed by atoms with Gasteiger partial charge < -0.3 is 9.47 Å². The van der Waals surface area contributed by atoms with E-state index in [1.165, 1.54) is 33.8 Å². The maximum Gasteiger partial charge on any atom is 0.257 e. The molecule has 180 valence electrons. The molecule has 1 aliphatic heterocycles. The normalized spacial score (nSPS) is 14.6. The summed E-state index contributed by atoms with van der Waals surface area (Å²) in [5.74, 6) is 0.319. The van der Waals surface area contributed by atoms with Gasteiger partial charge in [0.15, 0.2) is 5.13 Å². The zero-order valence-corrected chi connectivity index (χ0v) is 20.9. The van der Waals surface area contributed by atoms with Gasteiger partial charge in [0, 0.05) is 29.6 Å². The first kappa shape index (κ1) is 24.6. The van der Waals surface area contributed by atoms with Gasteiger partial charge in [-0.3, -0.25) is 10.1 Å². The van der Waals surface area contributed by atoms with E-state index in [0.29, 0.717) is 30.6 Å². The lowest BCUT2D eigenvalue weighted by Gasteiger charge is -2.26. The van der Waals surface area contributed by atoms with Crippen molar-refractivity contribution in [2.45, 2.75) is 18.2 Å². The highest BCUT2D eigenvalue weighted by Crippen LogP contribution is 2.29. The fourth-order valence-electron chi connectivity index (χ4n) is 3.34. The van der Waals surface area contributed by atoms with E-state index in [9.17, 15) is 13.2 Å². The Hall–Kier alpha value is -2.50. The molecule has 1 saturated heterocycles. The number of hydrogen-bond donors (Lipinski definition) is 1. The van der Waals surface area contributed by atoms with E-state index in [0.717, 1.165) is 17.7 Å². The number of morpholine rings is 1. The second-order valence-corrected chi connectivity index (χ2v) is 10.7. The molecule has 3 aromatic rings. The van der Waals surface area contributed by atoms with Crippen LogP contribution in [-0.4, -0.2) is 56.5 Å². The first-order valence-electron chi connectivity index (χ1n) is 10.8. The molecule has 2 aromatic carbocycles. The number of aromatic nitrogens is 1. The highest BCUT2D eigenvalue weighted by atomic mass is 35.5. The van der Waals surface area contributed by atoms with E-state index in [1.807, 2.05) is 36.6 Å². The predicted octanol–water partition coefficient (Wildman–Crippen LogP) is 4.53. The van der Waals surface area contributed by atoms with Crippen LogP contribution >= 0.6 is 22.9 Å². The number of nitrogens with one attached hydrogen (secondary N) is 1. The van der Waals surface area contributed by atoms with Crippen LogP contribution in [0.25, 0.3) is 11.3 Å². The number of carbonyl (C=O) groups excluding carboxylic acids is 1. The molecule has 11 heteroatoms. The molecule has 2 heterocycles. The SMILES string of the molecule is CCCOc1ccc(-c2csc(NC(=O)c3ccc(Cl)c(S(=O)(=O)N4CCOCC4)c3)n2)cc1. The van der Waals surface area contributed by atoms with Crippen LogP contribution in [0.15, 0.2) is 52.7 Å². The summed E-state index contributed by atoms with van der Waals surface area (Å²) in [4.78, 5) is 17.2. The van der Waals surface area contributed by atoms with Gasteiger partial charge in [0.2, 0.25) is 10.0 Å². The summed E-state index contributed by atoms with van der Waals surface area (Å²) in [7, 11) is -3.84. The number of anilines is 1. The van der Waals surface area contributed by atoms with Gasteiger partial charge in [0.1, 0.15) is 10.6 Å². The van der Waals surface area contributed by atoms with Gasteiger partial charge in [-0.1, -0.05) is 18.5 Å². The molecule has 1 aliphatic rings. The lowest BCUT2D eigenvalue weighted by atomic mass is 10.2. The van der Waals surface area contributed by atoms with Crippen LogP contribution in [-0.2, 0) is 14.8 Å². The minimum absolute atomic E-state index is 0.0611. The molecule has 0 spiro atoms. The number of thiazole rings is 1. The van der Waals surface area contributed by atoms with E-state index in [4.69, 9.17) is 21.1 Å². The van der Waals surface area contributed by atoms with Crippen LogP contribution in [0, 0.1) is 0 Å². The molecule has 0 atom stereocenters. The first-order valence-corrected chi connectivity index (χ1v) is 13.5. The van der Waals surface area contributed by atoms with Crippen molar-refractivity contribution in [2.24, 2.45) is 0 Å². The Kier molecular flexibility index (Phi) is 7.84. The fourth-order valence-corrected chi connectivity index (χ4v) is 5.97. The maximum atomic E-state index is 13.0. The van der Waals surface area contributed by atoms with Crippen molar-refractivity contribution in [1.82, 2.24) is 9.29 Å². The predicted molar refractivity (Wildman–Crippen MR) is 132 cm³/mol. The van der Waals surface area contributed by atoms with Crippen molar-refractivity contribution in [2.75, 3.05) is 38.2 Å². The maximum absolute atomic E-state index is 13.0. The van der Waals surface area contributed by atoms with Crippen LogP contribution in [0.5, 0.6) is 5.75 Å². The number of carbonyl (C=O) groups is 1. The minimum Gasteiger partial charge on any atom is -0.494 e. The number of hydrogen-bond acceptors (Lipinski definition) is 7. The summed E-state index contributed by atoms with van der Waals surface area (Å²) in [5.41, 5.74) is 1.78. The van der Waals surface area contributed by atoms with Crippen molar-refractivity contribution in [3.05, 3.63) is 58.4 Å². The third-order valence-corrected chi connectivity index (χ3v) is 8.27. The van der Waals surface area contributed by atoms with Gasteiger partial charge in [0.05, 0.1) is 30.5 Å². The van der Waals surface area contributed by atoms with Crippen molar-refractivity contribution in [3.8, 4) is 17.0 Å². The van der Waals surface area contributed by atoms with E-state index in [2.05, 4.69) is 10.3 Å².